The third kappa shape index (κ3) is 4.07. The number of hydrogen-bond acceptors (Lipinski definition) is 5. The third-order valence-corrected chi connectivity index (χ3v) is 5.37. The van der Waals surface area contributed by atoms with Crippen molar-refractivity contribution in [1.82, 2.24) is 34.4 Å². The number of fused-ring (bicyclic) bond motifs is 2. The average molecular weight is 425 g/mol. The lowest BCUT2D eigenvalue weighted by molar-refractivity contribution is -0.120. The number of rotatable bonds is 6. The Morgan fingerprint density at radius 2 is 1.78 bits per heavy atom. The summed E-state index contributed by atoms with van der Waals surface area (Å²) in [5.74, 6) is 0.863. The highest BCUT2D eigenvalue weighted by Crippen LogP contribution is 2.14. The molecule has 0 saturated heterocycles. The van der Waals surface area contributed by atoms with E-state index in [2.05, 4.69) is 48.1 Å². The molecule has 5 aromatic rings. The molecule has 5 rings (SSSR count). The predicted octanol–water partition coefficient (Wildman–Crippen LogP) is 3.00. The second kappa shape index (κ2) is 8.22. The maximum atomic E-state index is 12.4. The molecule has 3 heterocycles. The maximum Gasteiger partial charge on any atom is 0.252 e. The first-order valence-electron chi connectivity index (χ1n) is 10.5. The number of aryl methyl sites for hydroxylation is 2. The van der Waals surface area contributed by atoms with E-state index in [-0.39, 0.29) is 12.3 Å². The van der Waals surface area contributed by atoms with Gasteiger partial charge in [0.1, 0.15) is 0 Å². The van der Waals surface area contributed by atoms with Gasteiger partial charge in [0.2, 0.25) is 5.91 Å². The molecule has 8 nitrogen and oxygen atoms in total. The Bertz CT molecular complexity index is 1420. The van der Waals surface area contributed by atoms with Gasteiger partial charge < -0.3 is 9.88 Å². The van der Waals surface area contributed by atoms with Crippen LogP contribution in [0.15, 0.2) is 60.9 Å². The molecule has 0 bridgehead atoms. The molecule has 0 atom stereocenters. The number of nitrogens with zero attached hydrogens (tertiary/aromatic N) is 6. The van der Waals surface area contributed by atoms with Crippen molar-refractivity contribution in [2.75, 3.05) is 0 Å². The van der Waals surface area contributed by atoms with Crippen LogP contribution < -0.4 is 5.32 Å². The topological polar surface area (TPSA) is 90.0 Å². The molecule has 8 heteroatoms. The van der Waals surface area contributed by atoms with E-state index >= 15 is 0 Å². The van der Waals surface area contributed by atoms with E-state index in [0.717, 1.165) is 34.5 Å². The Balaban J connectivity index is 1.19. The zero-order valence-corrected chi connectivity index (χ0v) is 18.0. The standard InChI is InChI=1S/C24H23N7O/c1-16-11-17(2)31-24(27-16)28-22(29-31)12-23(32)25-13-18-7-9-19(10-8-18)14-30-15-26-20-5-3-4-6-21(20)30/h3-11,15H,12-14H2,1-2H3,(H,25,32). The van der Waals surface area contributed by atoms with Crippen molar-refractivity contribution in [3.05, 3.63) is 89.3 Å². The zero-order chi connectivity index (χ0) is 22.1. The number of carbonyl (C=O) groups excluding carboxylic acids is 1. The number of aromatic nitrogens is 6. The summed E-state index contributed by atoms with van der Waals surface area (Å²) in [5.41, 5.74) is 6.14. The first-order chi connectivity index (χ1) is 15.5. The van der Waals surface area contributed by atoms with Crippen molar-refractivity contribution < 1.29 is 4.79 Å². The summed E-state index contributed by atoms with van der Waals surface area (Å²) in [6.45, 7) is 5.06. The molecule has 0 aliphatic heterocycles. The van der Waals surface area contributed by atoms with Gasteiger partial charge in [-0.25, -0.2) is 14.5 Å². The highest BCUT2D eigenvalue weighted by Gasteiger charge is 2.12. The van der Waals surface area contributed by atoms with Crippen molar-refractivity contribution in [2.45, 2.75) is 33.4 Å². The van der Waals surface area contributed by atoms with Crippen molar-refractivity contribution in [1.29, 1.82) is 0 Å². The normalized spacial score (nSPS) is 11.3. The first kappa shape index (κ1) is 19.9. The summed E-state index contributed by atoms with van der Waals surface area (Å²) in [6, 6.07) is 18.3. The van der Waals surface area contributed by atoms with Gasteiger partial charge in [-0.05, 0) is 43.2 Å². The van der Waals surface area contributed by atoms with Crippen LogP contribution in [-0.4, -0.2) is 35.0 Å². The van der Waals surface area contributed by atoms with Gasteiger partial charge in [-0.2, -0.15) is 4.98 Å². The van der Waals surface area contributed by atoms with Crippen molar-refractivity contribution in [2.24, 2.45) is 0 Å². The Morgan fingerprint density at radius 3 is 2.62 bits per heavy atom. The SMILES string of the molecule is Cc1cc(C)n2nc(CC(=O)NCc3ccc(Cn4cnc5ccccc54)cc3)nc2n1. The molecule has 0 radical (unpaired) electrons. The van der Waals surface area contributed by atoms with Crippen LogP contribution in [0.5, 0.6) is 0 Å². The lowest BCUT2D eigenvalue weighted by atomic mass is 10.1. The molecule has 3 aromatic heterocycles. The summed E-state index contributed by atoms with van der Waals surface area (Å²) >= 11 is 0. The van der Waals surface area contributed by atoms with E-state index in [9.17, 15) is 4.79 Å². The van der Waals surface area contributed by atoms with E-state index in [1.54, 1.807) is 4.52 Å². The monoisotopic (exact) mass is 425 g/mol. The predicted molar refractivity (Wildman–Crippen MR) is 121 cm³/mol. The fourth-order valence-electron chi connectivity index (χ4n) is 3.78. The van der Waals surface area contributed by atoms with Gasteiger partial charge >= 0.3 is 0 Å². The van der Waals surface area contributed by atoms with Crippen LogP contribution in [0, 0.1) is 13.8 Å². The number of carbonyl (C=O) groups is 1. The summed E-state index contributed by atoms with van der Waals surface area (Å²) < 4.78 is 3.80. The lowest BCUT2D eigenvalue weighted by Crippen LogP contribution is -2.25. The van der Waals surface area contributed by atoms with E-state index in [1.165, 1.54) is 5.56 Å². The minimum Gasteiger partial charge on any atom is -0.352 e. The minimum atomic E-state index is -0.121. The largest absolute Gasteiger partial charge is 0.352 e. The Morgan fingerprint density at radius 1 is 1.00 bits per heavy atom. The smallest absolute Gasteiger partial charge is 0.252 e. The first-order valence-corrected chi connectivity index (χ1v) is 10.5. The van der Waals surface area contributed by atoms with Gasteiger partial charge in [-0.1, -0.05) is 36.4 Å². The fraction of sp³-hybridized carbons (Fsp3) is 0.208. The summed E-state index contributed by atoms with van der Waals surface area (Å²) in [4.78, 5) is 25.6. The average Bonchev–Trinajstić information content (AvgIpc) is 3.37. The highest BCUT2D eigenvalue weighted by atomic mass is 16.1. The number of nitrogens with one attached hydrogen (secondary N) is 1. The molecule has 160 valence electrons. The molecule has 1 amide bonds. The number of benzene rings is 2. The number of amides is 1. The molecule has 1 N–H and O–H groups in total. The van der Waals surface area contributed by atoms with Crippen molar-refractivity contribution >= 4 is 22.7 Å². The van der Waals surface area contributed by atoms with E-state index < -0.39 is 0 Å². The van der Waals surface area contributed by atoms with Crippen LogP contribution >= 0.6 is 0 Å². The summed E-state index contributed by atoms with van der Waals surface area (Å²) in [7, 11) is 0. The van der Waals surface area contributed by atoms with Gasteiger partial charge in [0.05, 0.1) is 23.8 Å². The van der Waals surface area contributed by atoms with Crippen LogP contribution in [-0.2, 0) is 24.3 Å². The van der Waals surface area contributed by atoms with Crippen LogP contribution in [0.25, 0.3) is 16.8 Å². The summed E-state index contributed by atoms with van der Waals surface area (Å²) in [5, 5.41) is 7.33. The van der Waals surface area contributed by atoms with Crippen LogP contribution in [0.1, 0.15) is 28.3 Å². The van der Waals surface area contributed by atoms with Gasteiger partial charge in [0.15, 0.2) is 5.82 Å². The second-order valence-electron chi connectivity index (χ2n) is 7.91. The van der Waals surface area contributed by atoms with E-state index in [4.69, 9.17) is 0 Å². The molecule has 0 fully saturated rings. The van der Waals surface area contributed by atoms with Crippen LogP contribution in [0.4, 0.5) is 0 Å². The Labute approximate surface area is 185 Å². The van der Waals surface area contributed by atoms with Gasteiger partial charge in [0.25, 0.3) is 5.78 Å². The summed E-state index contributed by atoms with van der Waals surface area (Å²) in [6.07, 6.45) is 1.98. The zero-order valence-electron chi connectivity index (χ0n) is 18.0. The molecule has 0 aliphatic rings. The fourth-order valence-corrected chi connectivity index (χ4v) is 3.78. The molecular formula is C24H23N7O. The molecule has 2 aromatic carbocycles. The molecule has 32 heavy (non-hydrogen) atoms. The maximum absolute atomic E-state index is 12.4. The van der Waals surface area contributed by atoms with Crippen LogP contribution in [0.3, 0.4) is 0 Å². The molecular weight excluding hydrogens is 402 g/mol. The quantitative estimate of drug-likeness (QED) is 0.452. The third-order valence-electron chi connectivity index (χ3n) is 5.37. The Hall–Kier alpha value is -4.07. The minimum absolute atomic E-state index is 0.119. The molecule has 0 saturated carbocycles. The second-order valence-corrected chi connectivity index (χ2v) is 7.91. The van der Waals surface area contributed by atoms with E-state index in [1.807, 2.05) is 56.6 Å². The van der Waals surface area contributed by atoms with Crippen LogP contribution in [0.2, 0.25) is 0 Å². The van der Waals surface area contributed by atoms with Gasteiger partial charge in [0, 0.05) is 24.5 Å². The van der Waals surface area contributed by atoms with E-state index in [0.29, 0.717) is 18.1 Å². The van der Waals surface area contributed by atoms with Gasteiger partial charge in [-0.15, -0.1) is 5.10 Å². The van der Waals surface area contributed by atoms with Crippen molar-refractivity contribution in [3.8, 4) is 0 Å². The number of para-hydroxylation sites is 2. The molecule has 0 spiro atoms. The highest BCUT2D eigenvalue weighted by molar-refractivity contribution is 5.77. The van der Waals surface area contributed by atoms with Gasteiger partial charge in [-0.3, -0.25) is 4.79 Å². The van der Waals surface area contributed by atoms with Crippen molar-refractivity contribution in [3.63, 3.8) is 0 Å². The number of hydrogen-bond donors (Lipinski definition) is 1. The lowest BCUT2D eigenvalue weighted by Gasteiger charge is -2.07. The molecule has 0 aliphatic carbocycles. The molecule has 0 unspecified atom stereocenters. The Kier molecular flexibility index (Phi) is 5.10. The number of imidazole rings is 1.